The summed E-state index contributed by atoms with van der Waals surface area (Å²) in [5, 5.41) is 14.1. The number of halogens is 1. The number of rotatable bonds is 6. The Bertz CT molecular complexity index is 1300. The minimum absolute atomic E-state index is 0.0114. The Morgan fingerprint density at radius 3 is 2.28 bits per heavy atom. The van der Waals surface area contributed by atoms with Crippen molar-refractivity contribution in [3.63, 3.8) is 0 Å². The van der Waals surface area contributed by atoms with Gasteiger partial charge in [-0.1, -0.05) is 63.8 Å². The topological polar surface area (TPSA) is 112 Å². The van der Waals surface area contributed by atoms with Crippen LogP contribution in [0.5, 0.6) is 0 Å². The van der Waals surface area contributed by atoms with E-state index in [1.165, 1.54) is 22.2 Å². The summed E-state index contributed by atoms with van der Waals surface area (Å²) in [7, 11) is 0. The van der Waals surface area contributed by atoms with Gasteiger partial charge in [0, 0.05) is 36.1 Å². The molecule has 2 aromatic rings. The lowest BCUT2D eigenvalue weighted by Gasteiger charge is -2.36. The Labute approximate surface area is 259 Å². The fourth-order valence-electron chi connectivity index (χ4n) is 5.78. The standard InChI is InChI=1S/C33H45ClN4O5/c1-32(2,3)22-12-14-25(15-13-22)38(30(41)27-17-26(39)20-37(27)31(42)43-33(4,5)6)28(21-16-23(34)19-35-18-21)29(40)36-24-10-8-7-9-11-24/h12-16,18-19,24,26-28,39H,7-11,17,20H2,1-6H3,(H,36,40)/t26-,27-,28?/m1/s1. The first-order valence-electron chi connectivity index (χ1n) is 15.2. The minimum Gasteiger partial charge on any atom is -0.444 e. The molecule has 1 aliphatic heterocycles. The van der Waals surface area contributed by atoms with Gasteiger partial charge >= 0.3 is 6.09 Å². The maximum atomic E-state index is 14.7. The number of pyridine rings is 1. The maximum absolute atomic E-state index is 14.7. The van der Waals surface area contributed by atoms with Crippen molar-refractivity contribution < 1.29 is 24.2 Å². The van der Waals surface area contributed by atoms with Crippen molar-refractivity contribution in [2.24, 2.45) is 0 Å². The second-order valence-electron chi connectivity index (χ2n) is 13.7. The molecule has 1 saturated heterocycles. The summed E-state index contributed by atoms with van der Waals surface area (Å²) in [5.74, 6) is -0.860. The number of β-amino-alcohol motifs (C(OH)–C–C–N with tert-alkyl or cyclic N) is 1. The minimum atomic E-state index is -1.13. The molecule has 0 spiro atoms. The number of amides is 3. The molecule has 1 aliphatic carbocycles. The number of aliphatic hydroxyl groups excluding tert-OH is 1. The number of aromatic nitrogens is 1. The molecule has 2 fully saturated rings. The largest absolute Gasteiger partial charge is 0.444 e. The van der Waals surface area contributed by atoms with Crippen molar-refractivity contribution in [3.8, 4) is 0 Å². The molecule has 0 radical (unpaired) electrons. The first kappa shape index (κ1) is 32.7. The Morgan fingerprint density at radius 1 is 1.05 bits per heavy atom. The highest BCUT2D eigenvalue weighted by atomic mass is 35.5. The van der Waals surface area contributed by atoms with Crippen LogP contribution >= 0.6 is 11.6 Å². The molecule has 1 saturated carbocycles. The van der Waals surface area contributed by atoms with Crippen LogP contribution in [0.2, 0.25) is 5.02 Å². The quantitative estimate of drug-likeness (QED) is 0.418. The van der Waals surface area contributed by atoms with Crippen molar-refractivity contribution in [1.82, 2.24) is 15.2 Å². The molecule has 234 valence electrons. The van der Waals surface area contributed by atoms with Gasteiger partial charge < -0.3 is 15.2 Å². The van der Waals surface area contributed by atoms with E-state index in [0.29, 0.717) is 16.3 Å². The second kappa shape index (κ2) is 13.2. The fourth-order valence-corrected chi connectivity index (χ4v) is 5.96. The molecule has 3 amide bonds. The zero-order valence-electron chi connectivity index (χ0n) is 26.1. The van der Waals surface area contributed by atoms with Crippen LogP contribution < -0.4 is 10.2 Å². The monoisotopic (exact) mass is 612 g/mol. The number of likely N-dealkylation sites (tertiary alicyclic amines) is 1. The van der Waals surface area contributed by atoms with Gasteiger partial charge in [-0.3, -0.25) is 24.4 Å². The zero-order valence-corrected chi connectivity index (χ0v) is 26.9. The first-order chi connectivity index (χ1) is 20.1. The third-order valence-electron chi connectivity index (χ3n) is 7.94. The van der Waals surface area contributed by atoms with E-state index in [0.717, 1.165) is 37.7 Å². The Hall–Kier alpha value is -3.17. The van der Waals surface area contributed by atoms with E-state index in [9.17, 15) is 19.5 Å². The Kier molecular flexibility index (Phi) is 10.1. The molecule has 1 aromatic heterocycles. The van der Waals surface area contributed by atoms with Gasteiger partial charge in [-0.05, 0) is 62.8 Å². The average Bonchev–Trinajstić information content (AvgIpc) is 3.32. The van der Waals surface area contributed by atoms with Crippen LogP contribution in [-0.4, -0.2) is 63.2 Å². The normalized spacial score (nSPS) is 20.4. The van der Waals surface area contributed by atoms with Crippen molar-refractivity contribution in [3.05, 3.63) is 58.9 Å². The predicted molar refractivity (Wildman–Crippen MR) is 167 cm³/mol. The molecule has 2 N–H and O–H groups in total. The second-order valence-corrected chi connectivity index (χ2v) is 14.2. The van der Waals surface area contributed by atoms with E-state index in [-0.39, 0.29) is 30.3 Å². The Balaban J connectivity index is 1.82. The van der Waals surface area contributed by atoms with Crippen molar-refractivity contribution in [2.45, 2.75) is 115 Å². The van der Waals surface area contributed by atoms with Gasteiger partial charge in [0.1, 0.15) is 17.7 Å². The van der Waals surface area contributed by atoms with Crippen LogP contribution in [0.4, 0.5) is 10.5 Å². The van der Waals surface area contributed by atoms with Crippen molar-refractivity contribution >= 4 is 35.2 Å². The SMILES string of the molecule is CC(C)(C)OC(=O)N1C[C@H](O)C[C@@H]1C(=O)N(c1ccc(C(C)(C)C)cc1)C(C(=O)NC1CCCCC1)c1cncc(Cl)c1. The molecule has 2 aliphatic rings. The van der Waals surface area contributed by atoms with Gasteiger partial charge in [0.25, 0.3) is 5.91 Å². The molecule has 1 aromatic carbocycles. The molecular weight excluding hydrogens is 568 g/mol. The van der Waals surface area contributed by atoms with Gasteiger partial charge in [-0.15, -0.1) is 0 Å². The molecule has 4 rings (SSSR count). The lowest BCUT2D eigenvalue weighted by Crippen LogP contribution is -2.53. The van der Waals surface area contributed by atoms with Crippen LogP contribution in [0.25, 0.3) is 0 Å². The number of aliphatic hydroxyl groups is 1. The number of nitrogens with zero attached hydrogens (tertiary/aromatic N) is 3. The van der Waals surface area contributed by atoms with E-state index >= 15 is 0 Å². The van der Waals surface area contributed by atoms with Crippen LogP contribution in [0.15, 0.2) is 42.7 Å². The fraction of sp³-hybridized carbons (Fsp3) is 0.576. The molecule has 3 atom stereocenters. The number of ether oxygens (including phenoxy) is 1. The predicted octanol–water partition coefficient (Wildman–Crippen LogP) is 5.93. The summed E-state index contributed by atoms with van der Waals surface area (Å²) >= 11 is 6.36. The number of carbonyl (C=O) groups excluding carboxylic acids is 3. The lowest BCUT2D eigenvalue weighted by molar-refractivity contribution is -0.129. The number of hydrogen-bond acceptors (Lipinski definition) is 6. The van der Waals surface area contributed by atoms with Crippen LogP contribution in [0, 0.1) is 0 Å². The van der Waals surface area contributed by atoms with Gasteiger partial charge in [-0.2, -0.15) is 0 Å². The highest BCUT2D eigenvalue weighted by Gasteiger charge is 2.46. The summed E-state index contributed by atoms with van der Waals surface area (Å²) in [6, 6.07) is 6.97. The summed E-state index contributed by atoms with van der Waals surface area (Å²) in [6.07, 6.45) is 6.31. The van der Waals surface area contributed by atoms with E-state index in [4.69, 9.17) is 16.3 Å². The molecule has 9 nitrogen and oxygen atoms in total. The lowest BCUT2D eigenvalue weighted by atomic mass is 9.87. The maximum Gasteiger partial charge on any atom is 0.411 e. The van der Waals surface area contributed by atoms with Crippen molar-refractivity contribution in [1.29, 1.82) is 0 Å². The number of nitrogens with one attached hydrogen (secondary N) is 1. The molecule has 2 heterocycles. The van der Waals surface area contributed by atoms with Gasteiger partial charge in [0.05, 0.1) is 17.7 Å². The smallest absolute Gasteiger partial charge is 0.411 e. The zero-order chi connectivity index (χ0) is 31.5. The van der Waals surface area contributed by atoms with Gasteiger partial charge in [0.2, 0.25) is 5.91 Å². The van der Waals surface area contributed by atoms with Crippen molar-refractivity contribution in [2.75, 3.05) is 11.4 Å². The number of hydrogen-bond donors (Lipinski definition) is 2. The van der Waals surface area contributed by atoms with Crippen LogP contribution in [0.3, 0.4) is 0 Å². The summed E-state index contributed by atoms with van der Waals surface area (Å²) in [6.45, 7) is 11.5. The Morgan fingerprint density at radius 2 is 1.70 bits per heavy atom. The summed E-state index contributed by atoms with van der Waals surface area (Å²) in [5.41, 5.74) is 1.05. The third-order valence-corrected chi connectivity index (χ3v) is 8.15. The molecule has 10 heteroatoms. The highest BCUT2D eigenvalue weighted by molar-refractivity contribution is 6.30. The number of anilines is 1. The molecule has 0 bridgehead atoms. The van der Waals surface area contributed by atoms with Gasteiger partial charge in [0.15, 0.2) is 0 Å². The van der Waals surface area contributed by atoms with E-state index in [2.05, 4.69) is 31.1 Å². The molecule has 43 heavy (non-hydrogen) atoms. The third kappa shape index (κ3) is 8.26. The van der Waals surface area contributed by atoms with Gasteiger partial charge in [-0.25, -0.2) is 4.79 Å². The number of carbonyl (C=O) groups is 3. The van der Waals surface area contributed by atoms with E-state index in [1.807, 2.05) is 24.3 Å². The van der Waals surface area contributed by atoms with E-state index < -0.39 is 35.8 Å². The average molecular weight is 613 g/mol. The first-order valence-corrected chi connectivity index (χ1v) is 15.5. The van der Waals surface area contributed by atoms with E-state index in [1.54, 1.807) is 26.8 Å². The summed E-state index contributed by atoms with van der Waals surface area (Å²) in [4.78, 5) is 49.1. The molecule has 1 unspecified atom stereocenters. The summed E-state index contributed by atoms with van der Waals surface area (Å²) < 4.78 is 5.60. The van der Waals surface area contributed by atoms with Crippen LogP contribution in [-0.2, 0) is 19.7 Å². The number of benzene rings is 1. The van der Waals surface area contributed by atoms with Crippen LogP contribution in [0.1, 0.15) is 97.2 Å². The molecular formula is C33H45ClN4O5. The highest BCUT2D eigenvalue weighted by Crippen LogP contribution is 2.35.